The second kappa shape index (κ2) is 4.17. The van der Waals surface area contributed by atoms with Crippen molar-refractivity contribution in [2.45, 2.75) is 38.1 Å². The molecule has 15 heavy (non-hydrogen) atoms. The van der Waals surface area contributed by atoms with Crippen molar-refractivity contribution in [3.63, 3.8) is 0 Å². The molecule has 0 unspecified atom stereocenters. The third kappa shape index (κ3) is 1.83. The summed E-state index contributed by atoms with van der Waals surface area (Å²) in [6.45, 7) is 4.36. The number of nitrogens with zero attached hydrogens (tertiary/aromatic N) is 1. The first-order chi connectivity index (χ1) is 7.24. The number of amides is 1. The highest BCUT2D eigenvalue weighted by Crippen LogP contribution is 2.31. The number of allylic oxidation sites excluding steroid dienone is 1. The van der Waals surface area contributed by atoms with E-state index in [2.05, 4.69) is 6.58 Å². The van der Waals surface area contributed by atoms with E-state index < -0.39 is 0 Å². The van der Waals surface area contributed by atoms with Gasteiger partial charge in [-0.2, -0.15) is 0 Å². The third-order valence-corrected chi connectivity index (χ3v) is 3.47. The van der Waals surface area contributed by atoms with E-state index in [1.54, 1.807) is 4.90 Å². The summed E-state index contributed by atoms with van der Waals surface area (Å²) in [5, 5.41) is 0. The Kier molecular flexibility index (Phi) is 2.89. The summed E-state index contributed by atoms with van der Waals surface area (Å²) >= 11 is 0. The lowest BCUT2D eigenvalue weighted by molar-refractivity contribution is -0.135. The van der Waals surface area contributed by atoms with Crippen molar-refractivity contribution in [1.29, 1.82) is 0 Å². The Morgan fingerprint density at radius 1 is 1.40 bits per heavy atom. The number of hydrogen-bond donors (Lipinski definition) is 0. The normalized spacial score (nSPS) is 31.3. The molecule has 2 aliphatic rings. The fraction of sp³-hybridized carbons (Fsp3) is 0.667. The van der Waals surface area contributed by atoms with E-state index in [0.29, 0.717) is 25.3 Å². The van der Waals surface area contributed by atoms with Gasteiger partial charge >= 0.3 is 0 Å². The fourth-order valence-electron chi connectivity index (χ4n) is 2.77. The Morgan fingerprint density at radius 3 is 2.93 bits per heavy atom. The average Bonchev–Trinajstić information content (AvgIpc) is 2.51. The maximum atomic E-state index is 11.8. The molecule has 0 aromatic carbocycles. The maximum absolute atomic E-state index is 11.8. The summed E-state index contributed by atoms with van der Waals surface area (Å²) in [5.74, 6) is 0.721. The van der Waals surface area contributed by atoms with Crippen LogP contribution < -0.4 is 0 Å². The van der Waals surface area contributed by atoms with Crippen LogP contribution in [0.15, 0.2) is 12.7 Å². The molecule has 0 aromatic rings. The van der Waals surface area contributed by atoms with Crippen LogP contribution in [0.2, 0.25) is 0 Å². The van der Waals surface area contributed by atoms with Gasteiger partial charge in [-0.05, 0) is 25.2 Å². The van der Waals surface area contributed by atoms with Crippen molar-refractivity contribution < 1.29 is 9.59 Å². The van der Waals surface area contributed by atoms with Crippen LogP contribution in [0.3, 0.4) is 0 Å². The zero-order chi connectivity index (χ0) is 10.8. The molecule has 1 amide bonds. The maximum Gasteiger partial charge on any atom is 0.223 e. The summed E-state index contributed by atoms with van der Waals surface area (Å²) in [6.07, 6.45) is 5.76. The SMILES string of the molecule is C=CC[C@H]1CCCC(=O)N2CCC(=O)[C@H]12. The van der Waals surface area contributed by atoms with Gasteiger partial charge < -0.3 is 4.90 Å². The summed E-state index contributed by atoms with van der Waals surface area (Å²) in [6, 6.07) is -0.141. The van der Waals surface area contributed by atoms with Gasteiger partial charge in [0, 0.05) is 19.4 Å². The van der Waals surface area contributed by atoms with Crippen molar-refractivity contribution in [1.82, 2.24) is 4.90 Å². The summed E-state index contributed by atoms with van der Waals surface area (Å²) in [4.78, 5) is 25.3. The molecule has 3 nitrogen and oxygen atoms in total. The van der Waals surface area contributed by atoms with Crippen molar-refractivity contribution in [3.8, 4) is 0 Å². The molecular formula is C12H17NO2. The van der Waals surface area contributed by atoms with Gasteiger partial charge in [-0.15, -0.1) is 6.58 Å². The Hall–Kier alpha value is -1.12. The Morgan fingerprint density at radius 2 is 2.20 bits per heavy atom. The largest absolute Gasteiger partial charge is 0.332 e. The molecule has 0 radical (unpaired) electrons. The van der Waals surface area contributed by atoms with E-state index in [1.807, 2.05) is 6.08 Å². The molecule has 3 heteroatoms. The molecule has 2 atom stereocenters. The van der Waals surface area contributed by atoms with E-state index in [0.717, 1.165) is 19.3 Å². The Bertz CT molecular complexity index is 298. The first-order valence-electron chi connectivity index (χ1n) is 5.67. The summed E-state index contributed by atoms with van der Waals surface area (Å²) in [5.41, 5.74) is 0. The minimum atomic E-state index is -0.141. The smallest absolute Gasteiger partial charge is 0.223 e. The first kappa shape index (κ1) is 10.4. The molecule has 0 aromatic heterocycles. The lowest BCUT2D eigenvalue weighted by atomic mass is 9.90. The Labute approximate surface area is 90.1 Å². The molecule has 0 aliphatic carbocycles. The lowest BCUT2D eigenvalue weighted by Crippen LogP contribution is -2.41. The second-order valence-corrected chi connectivity index (χ2v) is 4.42. The van der Waals surface area contributed by atoms with Crippen LogP contribution in [0, 0.1) is 5.92 Å². The lowest BCUT2D eigenvalue weighted by Gasteiger charge is -2.26. The van der Waals surface area contributed by atoms with E-state index in [-0.39, 0.29) is 17.7 Å². The molecule has 0 N–H and O–H groups in total. The van der Waals surface area contributed by atoms with E-state index in [4.69, 9.17) is 0 Å². The minimum Gasteiger partial charge on any atom is -0.332 e. The van der Waals surface area contributed by atoms with Crippen LogP contribution in [0.1, 0.15) is 32.1 Å². The number of carbonyl (C=O) groups excluding carboxylic acids is 2. The van der Waals surface area contributed by atoms with Crippen molar-refractivity contribution in [2.75, 3.05) is 6.54 Å². The molecule has 0 saturated carbocycles. The van der Waals surface area contributed by atoms with Gasteiger partial charge in [0.15, 0.2) is 5.78 Å². The third-order valence-electron chi connectivity index (χ3n) is 3.47. The fourth-order valence-corrected chi connectivity index (χ4v) is 2.77. The topological polar surface area (TPSA) is 37.4 Å². The Balaban J connectivity index is 2.22. The predicted molar refractivity (Wildman–Crippen MR) is 57.3 cm³/mol. The van der Waals surface area contributed by atoms with Gasteiger partial charge in [0.1, 0.15) is 0 Å². The number of ketones is 1. The summed E-state index contributed by atoms with van der Waals surface area (Å²) in [7, 11) is 0. The van der Waals surface area contributed by atoms with Gasteiger partial charge in [0.05, 0.1) is 6.04 Å². The number of hydrogen-bond acceptors (Lipinski definition) is 2. The zero-order valence-corrected chi connectivity index (χ0v) is 8.95. The molecule has 2 fully saturated rings. The van der Waals surface area contributed by atoms with Gasteiger partial charge in [0.25, 0.3) is 0 Å². The van der Waals surface area contributed by atoms with Crippen LogP contribution in [0.4, 0.5) is 0 Å². The standard InChI is InChI=1S/C12H17NO2/c1-2-4-9-5-3-6-11(15)13-8-7-10(14)12(9)13/h2,9,12H,1,3-8H2/t9-,12-/m0/s1. The van der Waals surface area contributed by atoms with E-state index in [1.165, 1.54) is 0 Å². The van der Waals surface area contributed by atoms with Crippen molar-refractivity contribution in [3.05, 3.63) is 12.7 Å². The highest BCUT2D eigenvalue weighted by atomic mass is 16.2. The molecule has 2 heterocycles. The molecule has 0 spiro atoms. The van der Waals surface area contributed by atoms with Crippen molar-refractivity contribution >= 4 is 11.7 Å². The van der Waals surface area contributed by atoms with E-state index in [9.17, 15) is 9.59 Å². The highest BCUT2D eigenvalue weighted by Gasteiger charge is 2.41. The van der Waals surface area contributed by atoms with Crippen LogP contribution >= 0.6 is 0 Å². The first-order valence-corrected chi connectivity index (χ1v) is 5.67. The molecule has 2 saturated heterocycles. The zero-order valence-electron chi connectivity index (χ0n) is 8.95. The highest BCUT2D eigenvalue weighted by molar-refractivity contribution is 5.92. The number of Topliss-reactive ketones (excluding diaryl/α,β-unsaturated/α-hetero) is 1. The molecule has 82 valence electrons. The monoisotopic (exact) mass is 207 g/mol. The second-order valence-electron chi connectivity index (χ2n) is 4.42. The van der Waals surface area contributed by atoms with Gasteiger partial charge in [-0.1, -0.05) is 6.08 Å². The number of carbonyl (C=O) groups is 2. The van der Waals surface area contributed by atoms with Crippen LogP contribution in [0.5, 0.6) is 0 Å². The van der Waals surface area contributed by atoms with Crippen LogP contribution in [-0.4, -0.2) is 29.2 Å². The minimum absolute atomic E-state index is 0.141. The van der Waals surface area contributed by atoms with Gasteiger partial charge in [-0.25, -0.2) is 0 Å². The van der Waals surface area contributed by atoms with Gasteiger partial charge in [0.2, 0.25) is 5.91 Å². The quantitative estimate of drug-likeness (QED) is 0.644. The summed E-state index contributed by atoms with van der Waals surface area (Å²) < 4.78 is 0. The number of fused-ring (bicyclic) bond motifs is 1. The average molecular weight is 207 g/mol. The van der Waals surface area contributed by atoms with Crippen LogP contribution in [0.25, 0.3) is 0 Å². The molecule has 2 rings (SSSR count). The van der Waals surface area contributed by atoms with E-state index >= 15 is 0 Å². The molecular weight excluding hydrogens is 190 g/mol. The van der Waals surface area contributed by atoms with Crippen LogP contribution in [-0.2, 0) is 9.59 Å². The molecule has 2 aliphatic heterocycles. The number of rotatable bonds is 2. The van der Waals surface area contributed by atoms with Gasteiger partial charge in [-0.3, -0.25) is 9.59 Å². The molecule has 0 bridgehead atoms. The predicted octanol–water partition coefficient (Wildman–Crippen LogP) is 1.53. The van der Waals surface area contributed by atoms with Crippen molar-refractivity contribution in [2.24, 2.45) is 5.92 Å².